The first-order valence-corrected chi connectivity index (χ1v) is 4.14. The predicted molar refractivity (Wildman–Crippen MR) is 42.6 cm³/mol. The molecular formula is C7H11ClN2O. The molecule has 0 aliphatic heterocycles. The first kappa shape index (κ1) is 8.53. The van der Waals surface area contributed by atoms with Crippen molar-refractivity contribution in [2.24, 2.45) is 0 Å². The summed E-state index contributed by atoms with van der Waals surface area (Å²) in [6.07, 6.45) is 1.84. The lowest BCUT2D eigenvalue weighted by Gasteiger charge is -1.89. The van der Waals surface area contributed by atoms with E-state index >= 15 is 0 Å². The van der Waals surface area contributed by atoms with E-state index in [9.17, 15) is 0 Å². The molecule has 0 aliphatic carbocycles. The van der Waals surface area contributed by atoms with E-state index in [4.69, 9.17) is 16.1 Å². The second-order valence-corrected chi connectivity index (χ2v) is 3.07. The second-order valence-electron chi connectivity index (χ2n) is 2.41. The molecule has 1 aromatic heterocycles. The van der Waals surface area contributed by atoms with Gasteiger partial charge in [0.25, 0.3) is 0 Å². The molecule has 1 unspecified atom stereocenters. The van der Waals surface area contributed by atoms with Gasteiger partial charge in [-0.05, 0) is 13.3 Å². The van der Waals surface area contributed by atoms with Crippen LogP contribution in [0.5, 0.6) is 0 Å². The van der Waals surface area contributed by atoms with Gasteiger partial charge in [0.15, 0.2) is 5.82 Å². The standard InChI is InChI=1S/C7H11ClN2O/c1-3-4-6-9-7(5(2)8)10-11-6/h5H,3-4H2,1-2H3. The normalized spacial score (nSPS) is 13.4. The Bertz CT molecular complexity index is 222. The molecule has 0 amide bonds. The highest BCUT2D eigenvalue weighted by molar-refractivity contribution is 6.20. The van der Waals surface area contributed by atoms with Crippen LogP contribution in [0.3, 0.4) is 0 Å². The van der Waals surface area contributed by atoms with Crippen LogP contribution in [0.2, 0.25) is 0 Å². The van der Waals surface area contributed by atoms with E-state index in [1.807, 2.05) is 6.92 Å². The molecule has 0 aliphatic rings. The van der Waals surface area contributed by atoms with Crippen LogP contribution in [-0.4, -0.2) is 10.1 Å². The van der Waals surface area contributed by atoms with Crippen molar-refractivity contribution in [3.05, 3.63) is 11.7 Å². The van der Waals surface area contributed by atoms with Gasteiger partial charge in [-0.2, -0.15) is 4.98 Å². The first-order chi connectivity index (χ1) is 5.24. The van der Waals surface area contributed by atoms with Gasteiger partial charge in [0.2, 0.25) is 5.89 Å². The van der Waals surface area contributed by atoms with Gasteiger partial charge in [-0.1, -0.05) is 12.1 Å². The average Bonchev–Trinajstić information content (AvgIpc) is 2.37. The Labute approximate surface area is 70.7 Å². The zero-order valence-electron chi connectivity index (χ0n) is 6.67. The highest BCUT2D eigenvalue weighted by Gasteiger charge is 2.09. The number of nitrogens with zero attached hydrogens (tertiary/aromatic N) is 2. The Morgan fingerprint density at radius 2 is 2.36 bits per heavy atom. The van der Waals surface area contributed by atoms with Gasteiger partial charge < -0.3 is 4.52 Å². The lowest BCUT2D eigenvalue weighted by molar-refractivity contribution is 0.372. The molecule has 3 nitrogen and oxygen atoms in total. The zero-order chi connectivity index (χ0) is 8.27. The fraction of sp³-hybridized carbons (Fsp3) is 0.714. The highest BCUT2D eigenvalue weighted by Crippen LogP contribution is 2.15. The van der Waals surface area contributed by atoms with Crippen LogP contribution in [0.1, 0.15) is 37.4 Å². The number of hydrogen-bond donors (Lipinski definition) is 0. The summed E-state index contributed by atoms with van der Waals surface area (Å²) in [5.74, 6) is 1.25. The Hall–Kier alpha value is -0.570. The zero-order valence-corrected chi connectivity index (χ0v) is 7.43. The molecule has 0 saturated carbocycles. The maximum absolute atomic E-state index is 5.73. The minimum absolute atomic E-state index is 0.163. The molecule has 1 atom stereocenters. The molecule has 0 saturated heterocycles. The monoisotopic (exact) mass is 174 g/mol. The van der Waals surface area contributed by atoms with E-state index in [2.05, 4.69) is 17.1 Å². The molecule has 62 valence electrons. The molecule has 4 heteroatoms. The van der Waals surface area contributed by atoms with E-state index in [1.165, 1.54) is 0 Å². The third kappa shape index (κ3) is 2.19. The number of alkyl halides is 1. The number of rotatable bonds is 3. The molecule has 0 aromatic carbocycles. The van der Waals surface area contributed by atoms with Crippen molar-refractivity contribution in [1.29, 1.82) is 0 Å². The number of halogens is 1. The van der Waals surface area contributed by atoms with Crippen molar-refractivity contribution < 1.29 is 4.52 Å². The fourth-order valence-corrected chi connectivity index (χ4v) is 0.834. The molecule has 11 heavy (non-hydrogen) atoms. The number of aryl methyl sites for hydroxylation is 1. The summed E-state index contributed by atoms with van der Waals surface area (Å²) in [6.45, 7) is 3.89. The van der Waals surface area contributed by atoms with Crippen LogP contribution in [-0.2, 0) is 6.42 Å². The van der Waals surface area contributed by atoms with E-state index in [0.29, 0.717) is 11.7 Å². The highest BCUT2D eigenvalue weighted by atomic mass is 35.5. The molecule has 1 heterocycles. The van der Waals surface area contributed by atoms with Crippen molar-refractivity contribution in [1.82, 2.24) is 10.1 Å². The minimum Gasteiger partial charge on any atom is -0.339 e. The van der Waals surface area contributed by atoms with E-state index in [0.717, 1.165) is 12.8 Å². The molecule has 1 aromatic rings. The Morgan fingerprint density at radius 1 is 1.64 bits per heavy atom. The van der Waals surface area contributed by atoms with Crippen LogP contribution < -0.4 is 0 Å². The van der Waals surface area contributed by atoms with Gasteiger partial charge in [0.05, 0.1) is 5.38 Å². The van der Waals surface area contributed by atoms with Gasteiger partial charge in [-0.15, -0.1) is 11.6 Å². The molecule has 0 N–H and O–H groups in total. The summed E-state index contributed by atoms with van der Waals surface area (Å²) in [5.41, 5.74) is 0. The summed E-state index contributed by atoms with van der Waals surface area (Å²) in [7, 11) is 0. The summed E-state index contributed by atoms with van der Waals surface area (Å²) < 4.78 is 4.92. The maximum Gasteiger partial charge on any atom is 0.226 e. The average molecular weight is 175 g/mol. The van der Waals surface area contributed by atoms with Gasteiger partial charge in [0.1, 0.15) is 0 Å². The number of hydrogen-bond acceptors (Lipinski definition) is 3. The molecule has 0 spiro atoms. The summed E-state index contributed by atoms with van der Waals surface area (Å²) in [5, 5.41) is 3.55. The van der Waals surface area contributed by atoms with E-state index in [-0.39, 0.29) is 5.38 Å². The van der Waals surface area contributed by atoms with Gasteiger partial charge in [-0.25, -0.2) is 0 Å². The fourth-order valence-electron chi connectivity index (χ4n) is 0.745. The van der Waals surface area contributed by atoms with Gasteiger partial charge in [-0.3, -0.25) is 0 Å². The van der Waals surface area contributed by atoms with E-state index < -0.39 is 0 Å². The molecular weight excluding hydrogens is 164 g/mol. The van der Waals surface area contributed by atoms with Crippen LogP contribution in [0.25, 0.3) is 0 Å². The SMILES string of the molecule is CCCc1nc(C(C)Cl)no1. The second kappa shape index (κ2) is 3.72. The Balaban J connectivity index is 2.66. The smallest absolute Gasteiger partial charge is 0.226 e. The largest absolute Gasteiger partial charge is 0.339 e. The minimum atomic E-state index is -0.163. The van der Waals surface area contributed by atoms with E-state index in [1.54, 1.807) is 0 Å². The van der Waals surface area contributed by atoms with Gasteiger partial charge in [0, 0.05) is 6.42 Å². The summed E-state index contributed by atoms with van der Waals surface area (Å²) in [6, 6.07) is 0. The third-order valence-corrected chi connectivity index (χ3v) is 1.50. The molecule has 0 bridgehead atoms. The lowest BCUT2D eigenvalue weighted by atomic mass is 10.3. The van der Waals surface area contributed by atoms with Crippen LogP contribution >= 0.6 is 11.6 Å². The lowest BCUT2D eigenvalue weighted by Crippen LogP contribution is -1.88. The van der Waals surface area contributed by atoms with Crippen LogP contribution in [0.15, 0.2) is 4.52 Å². The van der Waals surface area contributed by atoms with Gasteiger partial charge >= 0.3 is 0 Å². The number of aromatic nitrogens is 2. The Morgan fingerprint density at radius 3 is 2.82 bits per heavy atom. The quantitative estimate of drug-likeness (QED) is 0.661. The van der Waals surface area contributed by atoms with Crippen LogP contribution in [0.4, 0.5) is 0 Å². The van der Waals surface area contributed by atoms with Crippen molar-refractivity contribution in [2.75, 3.05) is 0 Å². The third-order valence-electron chi connectivity index (χ3n) is 1.30. The maximum atomic E-state index is 5.73. The predicted octanol–water partition coefficient (Wildman–Crippen LogP) is 2.32. The van der Waals surface area contributed by atoms with Crippen molar-refractivity contribution in [2.45, 2.75) is 32.1 Å². The Kier molecular flexibility index (Phi) is 2.88. The summed E-state index contributed by atoms with van der Waals surface area (Å²) >= 11 is 5.73. The van der Waals surface area contributed by atoms with Crippen molar-refractivity contribution in [3.63, 3.8) is 0 Å². The molecule has 0 fully saturated rings. The topological polar surface area (TPSA) is 38.9 Å². The summed E-state index contributed by atoms with van der Waals surface area (Å²) in [4.78, 5) is 4.09. The van der Waals surface area contributed by atoms with Crippen LogP contribution in [0, 0.1) is 0 Å². The molecule has 1 rings (SSSR count). The first-order valence-electron chi connectivity index (χ1n) is 3.70. The molecule has 0 radical (unpaired) electrons. The van der Waals surface area contributed by atoms with Crippen molar-refractivity contribution >= 4 is 11.6 Å². The van der Waals surface area contributed by atoms with Crippen molar-refractivity contribution in [3.8, 4) is 0 Å².